The molecule has 0 N–H and O–H groups in total. The van der Waals surface area contributed by atoms with E-state index in [1.165, 1.54) is 25.7 Å². The van der Waals surface area contributed by atoms with Crippen molar-refractivity contribution in [3.8, 4) is 0 Å². The molecule has 4 heteroatoms. The lowest BCUT2D eigenvalue weighted by Gasteiger charge is -2.60. The first kappa shape index (κ1) is 20.2. The van der Waals surface area contributed by atoms with Crippen LogP contribution in [0.5, 0.6) is 0 Å². The summed E-state index contributed by atoms with van der Waals surface area (Å²) in [6.07, 6.45) is 11.1. The minimum absolute atomic E-state index is 0.0669. The molecule has 1 saturated heterocycles. The Bertz CT molecular complexity index is 668. The van der Waals surface area contributed by atoms with E-state index in [0.717, 1.165) is 45.1 Å². The summed E-state index contributed by atoms with van der Waals surface area (Å²) in [6.45, 7) is 6.21. The number of carbonyl (C=O) groups is 2. The molecule has 4 aliphatic carbocycles. The Balaban J connectivity index is 1.36. The highest BCUT2D eigenvalue weighted by molar-refractivity contribution is 5.87. The Kier molecular flexibility index (Phi) is 5.18. The molecule has 5 fully saturated rings. The standard InChI is InChI=1S/C25H38O4/c1-24-10-8-18(26)14-17(24)6-7-19-20(24)9-11-25(2)21(27)13-16(23(19)25)15-29-22-5-3-4-12-28-22/h16-17,19-20,22-23H,3-15H2,1-2H3/t16?,17?,19-,20-,22?,23+,24+,25-/m1/s1. The van der Waals surface area contributed by atoms with Crippen LogP contribution in [0.2, 0.25) is 0 Å². The molecule has 0 aromatic carbocycles. The second kappa shape index (κ2) is 7.44. The van der Waals surface area contributed by atoms with Gasteiger partial charge in [0.1, 0.15) is 11.6 Å². The van der Waals surface area contributed by atoms with Crippen molar-refractivity contribution in [3.05, 3.63) is 0 Å². The van der Waals surface area contributed by atoms with E-state index < -0.39 is 0 Å². The fourth-order valence-corrected chi connectivity index (χ4v) is 8.32. The first-order chi connectivity index (χ1) is 13.9. The van der Waals surface area contributed by atoms with Crippen LogP contribution in [0.1, 0.15) is 84.5 Å². The third-order valence-corrected chi connectivity index (χ3v) is 9.96. The molecule has 0 bridgehead atoms. The van der Waals surface area contributed by atoms with Crippen molar-refractivity contribution >= 4 is 11.6 Å². The zero-order chi connectivity index (χ0) is 20.2. The summed E-state index contributed by atoms with van der Waals surface area (Å²) in [5.41, 5.74) is 0.137. The highest BCUT2D eigenvalue weighted by atomic mass is 16.7. The molecule has 4 nitrogen and oxygen atoms in total. The first-order valence-corrected chi connectivity index (χ1v) is 12.2. The number of Topliss-reactive ketones (excluding diaryl/α,β-unsaturated/α-hetero) is 2. The lowest BCUT2D eigenvalue weighted by atomic mass is 9.44. The zero-order valence-electron chi connectivity index (χ0n) is 18.3. The summed E-state index contributed by atoms with van der Waals surface area (Å²) in [5.74, 6) is 3.61. The van der Waals surface area contributed by atoms with Crippen LogP contribution in [0.25, 0.3) is 0 Å². The average Bonchev–Trinajstić information content (AvgIpc) is 2.98. The second-order valence-electron chi connectivity index (χ2n) is 11.3. The van der Waals surface area contributed by atoms with Crippen molar-refractivity contribution in [2.45, 2.75) is 90.8 Å². The van der Waals surface area contributed by atoms with E-state index in [2.05, 4.69) is 13.8 Å². The summed E-state index contributed by atoms with van der Waals surface area (Å²) >= 11 is 0. The summed E-state index contributed by atoms with van der Waals surface area (Å²) < 4.78 is 12.0. The normalized spacial score (nSPS) is 50.0. The summed E-state index contributed by atoms with van der Waals surface area (Å²) in [5, 5.41) is 0. The molecule has 5 rings (SSSR count). The first-order valence-electron chi connectivity index (χ1n) is 12.2. The molecular weight excluding hydrogens is 364 g/mol. The van der Waals surface area contributed by atoms with Crippen molar-refractivity contribution in [2.75, 3.05) is 13.2 Å². The van der Waals surface area contributed by atoms with Crippen LogP contribution in [-0.4, -0.2) is 31.1 Å². The number of hydrogen-bond donors (Lipinski definition) is 0. The van der Waals surface area contributed by atoms with Crippen LogP contribution in [0.3, 0.4) is 0 Å². The van der Waals surface area contributed by atoms with E-state index in [1.54, 1.807) is 0 Å². The zero-order valence-corrected chi connectivity index (χ0v) is 18.3. The molecule has 0 amide bonds. The quantitative estimate of drug-likeness (QED) is 0.671. The van der Waals surface area contributed by atoms with Gasteiger partial charge in [0.05, 0.1) is 6.61 Å². The van der Waals surface area contributed by atoms with Crippen molar-refractivity contribution in [3.63, 3.8) is 0 Å². The maximum Gasteiger partial charge on any atom is 0.157 e. The smallest absolute Gasteiger partial charge is 0.157 e. The fourth-order valence-electron chi connectivity index (χ4n) is 8.32. The minimum Gasteiger partial charge on any atom is -0.353 e. The summed E-state index contributed by atoms with van der Waals surface area (Å²) in [4.78, 5) is 25.3. The van der Waals surface area contributed by atoms with Crippen LogP contribution in [0, 0.1) is 40.4 Å². The maximum absolute atomic E-state index is 13.1. The molecule has 0 aromatic heterocycles. The molecule has 1 aliphatic heterocycles. The van der Waals surface area contributed by atoms with Gasteiger partial charge in [-0.2, -0.15) is 0 Å². The number of hydrogen-bond acceptors (Lipinski definition) is 4. The molecule has 1 heterocycles. The van der Waals surface area contributed by atoms with Gasteiger partial charge in [-0.05, 0) is 86.4 Å². The number of rotatable bonds is 3. The van der Waals surface area contributed by atoms with Gasteiger partial charge in [0.15, 0.2) is 6.29 Å². The van der Waals surface area contributed by atoms with Gasteiger partial charge in [0, 0.05) is 31.3 Å². The van der Waals surface area contributed by atoms with E-state index >= 15 is 0 Å². The Morgan fingerprint density at radius 2 is 1.90 bits per heavy atom. The minimum atomic E-state index is -0.156. The van der Waals surface area contributed by atoms with Gasteiger partial charge in [0.25, 0.3) is 0 Å². The third-order valence-electron chi connectivity index (χ3n) is 9.96. The Hall–Kier alpha value is -0.740. The number of carbonyl (C=O) groups excluding carboxylic acids is 2. The van der Waals surface area contributed by atoms with Gasteiger partial charge in [-0.25, -0.2) is 0 Å². The van der Waals surface area contributed by atoms with Crippen LogP contribution < -0.4 is 0 Å². The van der Waals surface area contributed by atoms with Gasteiger partial charge in [-0.15, -0.1) is 0 Å². The molecule has 5 aliphatic rings. The predicted molar refractivity (Wildman–Crippen MR) is 110 cm³/mol. The van der Waals surface area contributed by atoms with Crippen LogP contribution in [0.15, 0.2) is 0 Å². The molecular formula is C25H38O4. The lowest BCUT2D eigenvalue weighted by molar-refractivity contribution is -0.179. The van der Waals surface area contributed by atoms with Crippen LogP contribution in [0.4, 0.5) is 0 Å². The number of fused-ring (bicyclic) bond motifs is 5. The monoisotopic (exact) mass is 402 g/mol. The summed E-state index contributed by atoms with van der Waals surface area (Å²) in [7, 11) is 0. The highest BCUT2D eigenvalue weighted by Gasteiger charge is 2.62. The SMILES string of the molecule is C[C@]12CCC(=O)CC1CC[C@@H]1[C@H]2CC[C@]2(C)C(=O)CC(COC3CCCCO3)[C@@H]12. The Morgan fingerprint density at radius 1 is 1.03 bits per heavy atom. The number of ether oxygens (including phenoxy) is 2. The molecule has 29 heavy (non-hydrogen) atoms. The van der Waals surface area contributed by atoms with Crippen molar-refractivity contribution < 1.29 is 19.1 Å². The van der Waals surface area contributed by atoms with Gasteiger partial charge >= 0.3 is 0 Å². The van der Waals surface area contributed by atoms with Crippen molar-refractivity contribution in [2.24, 2.45) is 40.4 Å². The van der Waals surface area contributed by atoms with Crippen LogP contribution in [-0.2, 0) is 19.1 Å². The van der Waals surface area contributed by atoms with E-state index in [1.807, 2.05) is 0 Å². The van der Waals surface area contributed by atoms with E-state index in [4.69, 9.17) is 9.47 Å². The lowest BCUT2D eigenvalue weighted by Crippen LogP contribution is -2.54. The highest BCUT2D eigenvalue weighted by Crippen LogP contribution is 2.66. The van der Waals surface area contributed by atoms with Gasteiger partial charge in [-0.1, -0.05) is 13.8 Å². The molecule has 0 aromatic rings. The van der Waals surface area contributed by atoms with Gasteiger partial charge in [-0.3, -0.25) is 9.59 Å². The van der Waals surface area contributed by atoms with E-state index in [0.29, 0.717) is 59.6 Å². The topological polar surface area (TPSA) is 52.6 Å². The van der Waals surface area contributed by atoms with E-state index in [-0.39, 0.29) is 11.7 Å². The molecule has 162 valence electrons. The van der Waals surface area contributed by atoms with Crippen molar-refractivity contribution in [1.29, 1.82) is 0 Å². The Labute approximate surface area is 175 Å². The number of ketones is 2. The average molecular weight is 403 g/mol. The maximum atomic E-state index is 13.1. The molecule has 0 radical (unpaired) electrons. The summed E-state index contributed by atoms with van der Waals surface area (Å²) in [6, 6.07) is 0. The van der Waals surface area contributed by atoms with E-state index in [9.17, 15) is 9.59 Å². The van der Waals surface area contributed by atoms with Crippen LogP contribution >= 0.6 is 0 Å². The predicted octanol–water partition coefficient (Wildman–Crippen LogP) is 4.94. The molecule has 0 spiro atoms. The van der Waals surface area contributed by atoms with Crippen molar-refractivity contribution in [1.82, 2.24) is 0 Å². The molecule has 4 saturated carbocycles. The van der Waals surface area contributed by atoms with Gasteiger partial charge in [0.2, 0.25) is 0 Å². The molecule has 3 unspecified atom stereocenters. The van der Waals surface area contributed by atoms with Gasteiger partial charge < -0.3 is 9.47 Å². The molecule has 8 atom stereocenters. The second-order valence-corrected chi connectivity index (χ2v) is 11.3. The fraction of sp³-hybridized carbons (Fsp3) is 0.920. The Morgan fingerprint density at radius 3 is 2.69 bits per heavy atom. The largest absolute Gasteiger partial charge is 0.353 e. The third kappa shape index (κ3) is 3.24.